The summed E-state index contributed by atoms with van der Waals surface area (Å²) in [7, 11) is 1.20. The number of H-pyrrole nitrogens is 1. The molecule has 0 fully saturated rings. The number of anilines is 2. The molecule has 2 aromatic rings. The van der Waals surface area contributed by atoms with Crippen LogP contribution in [0.2, 0.25) is 0 Å². The van der Waals surface area contributed by atoms with Crippen LogP contribution in [0.1, 0.15) is 11.1 Å². The highest BCUT2D eigenvalue weighted by Gasteiger charge is 2.30. The number of hydrogen-bond acceptors (Lipinski definition) is 4. The van der Waals surface area contributed by atoms with E-state index in [4.69, 9.17) is 5.73 Å². The van der Waals surface area contributed by atoms with Crippen LogP contribution in [0.5, 0.6) is 0 Å². The summed E-state index contributed by atoms with van der Waals surface area (Å²) in [6, 6.07) is 4.04. The molecule has 0 radical (unpaired) electrons. The molecule has 0 aliphatic rings. The van der Waals surface area contributed by atoms with Gasteiger partial charge in [0.1, 0.15) is 11.5 Å². The zero-order valence-corrected chi connectivity index (χ0v) is 12.4. The second-order valence-electron chi connectivity index (χ2n) is 5.00. The normalized spacial score (nSPS) is 11.3. The van der Waals surface area contributed by atoms with Gasteiger partial charge in [0.05, 0.1) is 12.0 Å². The van der Waals surface area contributed by atoms with Gasteiger partial charge in [-0.15, -0.1) is 0 Å². The van der Waals surface area contributed by atoms with Gasteiger partial charge in [-0.1, -0.05) is 12.1 Å². The van der Waals surface area contributed by atoms with Crippen molar-refractivity contribution in [3.8, 4) is 0 Å². The van der Waals surface area contributed by atoms with Crippen LogP contribution >= 0.6 is 0 Å². The molecule has 128 valence electrons. The molecule has 0 saturated heterocycles. The van der Waals surface area contributed by atoms with Crippen molar-refractivity contribution in [3.63, 3.8) is 0 Å². The number of hydrogen-bond donors (Lipinski definition) is 3. The standard InChI is InChI=1S/C14H13F3N4O3/c1-21-12(23)10(11(18)20-13(21)24)19-9(22)6-7-2-4-8(5-3-7)14(15,16)17/h2-5H,6,18H2,1H3,(H,19,22)(H,20,24). The number of aromatic nitrogens is 2. The van der Waals surface area contributed by atoms with Crippen molar-refractivity contribution in [2.45, 2.75) is 12.6 Å². The van der Waals surface area contributed by atoms with Gasteiger partial charge in [-0.3, -0.25) is 19.1 Å². The van der Waals surface area contributed by atoms with Crippen molar-refractivity contribution in [3.05, 3.63) is 56.2 Å². The molecule has 0 aliphatic carbocycles. The largest absolute Gasteiger partial charge is 0.416 e. The quantitative estimate of drug-likeness (QED) is 0.768. The van der Waals surface area contributed by atoms with Crippen LogP contribution in [0.3, 0.4) is 0 Å². The zero-order chi connectivity index (χ0) is 18.1. The van der Waals surface area contributed by atoms with E-state index in [-0.39, 0.29) is 17.9 Å². The van der Waals surface area contributed by atoms with Gasteiger partial charge in [0.15, 0.2) is 0 Å². The first kappa shape index (κ1) is 17.3. The van der Waals surface area contributed by atoms with Crippen molar-refractivity contribution in [2.24, 2.45) is 7.05 Å². The van der Waals surface area contributed by atoms with E-state index in [2.05, 4.69) is 10.3 Å². The number of nitrogens with two attached hydrogens (primary N) is 1. The molecule has 1 heterocycles. The molecule has 24 heavy (non-hydrogen) atoms. The van der Waals surface area contributed by atoms with E-state index < -0.39 is 28.9 Å². The fourth-order valence-electron chi connectivity index (χ4n) is 1.94. The maximum absolute atomic E-state index is 12.5. The molecule has 4 N–H and O–H groups in total. The fraction of sp³-hybridized carbons (Fsp3) is 0.214. The summed E-state index contributed by atoms with van der Waals surface area (Å²) in [5.74, 6) is -0.963. The minimum absolute atomic E-state index is 0.264. The third-order valence-corrected chi connectivity index (χ3v) is 3.24. The van der Waals surface area contributed by atoms with E-state index in [0.717, 1.165) is 28.8 Å². The average molecular weight is 342 g/mol. The predicted molar refractivity (Wildman–Crippen MR) is 80.5 cm³/mol. The Balaban J connectivity index is 2.16. The SMILES string of the molecule is Cn1c(=O)[nH]c(N)c(NC(=O)Cc2ccc(C(F)(F)F)cc2)c1=O. The molecular formula is C14H13F3N4O3. The molecule has 2 rings (SSSR count). The second-order valence-corrected chi connectivity index (χ2v) is 5.00. The Morgan fingerprint density at radius 2 is 1.83 bits per heavy atom. The van der Waals surface area contributed by atoms with E-state index in [0.29, 0.717) is 5.56 Å². The first-order chi connectivity index (χ1) is 11.1. The second kappa shape index (κ2) is 6.22. The monoisotopic (exact) mass is 342 g/mol. The molecule has 0 atom stereocenters. The Hall–Kier alpha value is -3.04. The van der Waals surface area contributed by atoms with Gasteiger partial charge in [0.2, 0.25) is 5.91 Å². The van der Waals surface area contributed by atoms with Gasteiger partial charge in [0, 0.05) is 7.05 Å². The first-order valence-electron chi connectivity index (χ1n) is 6.64. The Kier molecular flexibility index (Phi) is 4.49. The van der Waals surface area contributed by atoms with E-state index in [1.54, 1.807) is 0 Å². The minimum atomic E-state index is -4.46. The van der Waals surface area contributed by atoms with Gasteiger partial charge < -0.3 is 11.1 Å². The highest BCUT2D eigenvalue weighted by Crippen LogP contribution is 2.29. The third-order valence-electron chi connectivity index (χ3n) is 3.24. The molecular weight excluding hydrogens is 329 g/mol. The summed E-state index contributed by atoms with van der Waals surface area (Å²) in [5, 5.41) is 2.25. The van der Waals surface area contributed by atoms with Crippen molar-refractivity contribution < 1.29 is 18.0 Å². The third kappa shape index (κ3) is 3.65. The van der Waals surface area contributed by atoms with Crippen molar-refractivity contribution in [1.29, 1.82) is 0 Å². The molecule has 0 unspecified atom stereocenters. The van der Waals surface area contributed by atoms with Crippen LogP contribution in [0.15, 0.2) is 33.9 Å². The average Bonchev–Trinajstić information content (AvgIpc) is 2.49. The predicted octanol–water partition coefficient (Wildman–Crippen LogP) is 0.856. The number of nitrogens with one attached hydrogen (secondary N) is 2. The van der Waals surface area contributed by atoms with Crippen LogP contribution < -0.4 is 22.3 Å². The molecule has 0 saturated carbocycles. The summed E-state index contributed by atoms with van der Waals surface area (Å²) < 4.78 is 38.1. The Labute approximate surface area is 132 Å². The summed E-state index contributed by atoms with van der Waals surface area (Å²) in [6.45, 7) is 0. The first-order valence-corrected chi connectivity index (χ1v) is 6.64. The molecule has 10 heteroatoms. The Bertz CT molecular complexity index is 882. The lowest BCUT2D eigenvalue weighted by molar-refractivity contribution is -0.137. The van der Waals surface area contributed by atoms with Gasteiger partial charge in [-0.25, -0.2) is 4.79 Å². The molecule has 1 aromatic heterocycles. The molecule has 7 nitrogen and oxygen atoms in total. The van der Waals surface area contributed by atoms with E-state index in [9.17, 15) is 27.6 Å². The van der Waals surface area contributed by atoms with Gasteiger partial charge >= 0.3 is 11.9 Å². The van der Waals surface area contributed by atoms with Crippen LogP contribution in [0, 0.1) is 0 Å². The van der Waals surface area contributed by atoms with E-state index >= 15 is 0 Å². The topological polar surface area (TPSA) is 110 Å². The van der Waals surface area contributed by atoms with Crippen LogP contribution in [0.25, 0.3) is 0 Å². The summed E-state index contributed by atoms with van der Waals surface area (Å²) in [5.41, 5.74) is 3.15. The highest BCUT2D eigenvalue weighted by molar-refractivity contribution is 5.94. The number of carbonyl (C=O) groups is 1. The van der Waals surface area contributed by atoms with E-state index in [1.807, 2.05) is 0 Å². The smallest absolute Gasteiger partial charge is 0.383 e. The molecule has 1 amide bonds. The number of amides is 1. The summed E-state index contributed by atoms with van der Waals surface area (Å²) in [4.78, 5) is 37.3. The lowest BCUT2D eigenvalue weighted by Crippen LogP contribution is -2.36. The van der Waals surface area contributed by atoms with Gasteiger partial charge in [-0.2, -0.15) is 13.2 Å². The van der Waals surface area contributed by atoms with Gasteiger partial charge in [-0.05, 0) is 17.7 Å². The minimum Gasteiger partial charge on any atom is -0.383 e. The Morgan fingerprint density at radius 3 is 2.38 bits per heavy atom. The van der Waals surface area contributed by atoms with Crippen molar-refractivity contribution in [2.75, 3.05) is 11.1 Å². The number of alkyl halides is 3. The molecule has 0 aliphatic heterocycles. The highest BCUT2D eigenvalue weighted by atomic mass is 19.4. The van der Waals surface area contributed by atoms with Crippen LogP contribution in [-0.4, -0.2) is 15.5 Å². The zero-order valence-electron chi connectivity index (χ0n) is 12.4. The van der Waals surface area contributed by atoms with Crippen molar-refractivity contribution in [1.82, 2.24) is 9.55 Å². The van der Waals surface area contributed by atoms with Crippen LogP contribution in [-0.2, 0) is 24.4 Å². The number of aromatic amines is 1. The van der Waals surface area contributed by atoms with Crippen molar-refractivity contribution >= 4 is 17.4 Å². The number of carbonyl (C=O) groups excluding carboxylic acids is 1. The number of nitrogen functional groups attached to an aromatic ring is 1. The molecule has 0 spiro atoms. The maximum atomic E-state index is 12.5. The van der Waals surface area contributed by atoms with Crippen LogP contribution in [0.4, 0.5) is 24.7 Å². The number of nitrogens with zero attached hydrogens (tertiary/aromatic N) is 1. The number of halogens is 3. The summed E-state index contributed by atoms with van der Waals surface area (Å²) >= 11 is 0. The lowest BCUT2D eigenvalue weighted by Gasteiger charge is -2.09. The summed E-state index contributed by atoms with van der Waals surface area (Å²) in [6.07, 6.45) is -4.72. The Morgan fingerprint density at radius 1 is 1.25 bits per heavy atom. The van der Waals surface area contributed by atoms with Gasteiger partial charge in [0.25, 0.3) is 5.56 Å². The number of benzene rings is 1. The van der Waals surface area contributed by atoms with E-state index in [1.165, 1.54) is 7.05 Å². The maximum Gasteiger partial charge on any atom is 0.416 e. The molecule has 1 aromatic carbocycles. The molecule has 0 bridgehead atoms. The number of rotatable bonds is 3. The lowest BCUT2D eigenvalue weighted by atomic mass is 10.1. The fourth-order valence-corrected chi connectivity index (χ4v) is 1.94.